The van der Waals surface area contributed by atoms with Gasteiger partial charge >= 0.3 is 6.09 Å². The summed E-state index contributed by atoms with van der Waals surface area (Å²) in [5.74, 6) is 0. The van der Waals surface area contributed by atoms with Gasteiger partial charge in [0.05, 0.1) is 5.60 Å². The van der Waals surface area contributed by atoms with Gasteiger partial charge in [0.2, 0.25) is 0 Å². The first-order chi connectivity index (χ1) is 15.1. The number of piperidine rings is 1. The third-order valence-electron chi connectivity index (χ3n) is 7.26. The van der Waals surface area contributed by atoms with E-state index in [1.807, 2.05) is 35.2 Å². The van der Waals surface area contributed by atoms with Gasteiger partial charge in [0.25, 0.3) is 0 Å². The van der Waals surface area contributed by atoms with E-state index in [0.717, 1.165) is 31.2 Å². The molecule has 2 aliphatic rings. The highest BCUT2D eigenvalue weighted by atomic mass is 16.6. The molecular weight excluding hydrogens is 386 g/mol. The summed E-state index contributed by atoms with van der Waals surface area (Å²) in [6, 6.07) is 10.1. The molecule has 0 aliphatic carbocycles. The normalized spacial score (nSPS) is 25.0. The Morgan fingerprint density at radius 1 is 0.935 bits per heavy atom. The second kappa shape index (κ2) is 12.5. The molecular formula is C27H43NO3. The quantitative estimate of drug-likeness (QED) is 0.344. The van der Waals surface area contributed by atoms with E-state index in [2.05, 4.69) is 6.92 Å². The van der Waals surface area contributed by atoms with E-state index < -0.39 is 5.60 Å². The molecule has 3 rings (SSSR count). The number of fused-ring (bicyclic) bond motifs is 2. The number of benzene rings is 1. The average molecular weight is 430 g/mol. The predicted molar refractivity (Wildman–Crippen MR) is 126 cm³/mol. The van der Waals surface area contributed by atoms with Crippen molar-refractivity contribution in [2.24, 2.45) is 0 Å². The summed E-state index contributed by atoms with van der Waals surface area (Å²) in [6.07, 6.45) is 17.2. The second-order valence-corrected chi connectivity index (χ2v) is 9.90. The van der Waals surface area contributed by atoms with Gasteiger partial charge in [-0.15, -0.1) is 0 Å². The molecule has 0 aromatic heterocycles. The van der Waals surface area contributed by atoms with Crippen LogP contribution in [0.4, 0.5) is 4.79 Å². The first kappa shape index (κ1) is 24.1. The van der Waals surface area contributed by atoms with E-state index in [1.54, 1.807) is 0 Å². The number of unbranched alkanes of at least 4 members (excludes halogenated alkanes) is 9. The van der Waals surface area contributed by atoms with Gasteiger partial charge in [0.15, 0.2) is 0 Å². The van der Waals surface area contributed by atoms with Gasteiger partial charge in [-0.3, -0.25) is 0 Å². The zero-order chi connectivity index (χ0) is 21.9. The average Bonchev–Trinajstić information content (AvgIpc) is 3.06. The lowest BCUT2D eigenvalue weighted by atomic mass is 9.82. The summed E-state index contributed by atoms with van der Waals surface area (Å²) in [6.45, 7) is 2.58. The molecule has 31 heavy (non-hydrogen) atoms. The molecule has 4 nitrogen and oxygen atoms in total. The predicted octanol–water partition coefficient (Wildman–Crippen LogP) is 6.99. The van der Waals surface area contributed by atoms with E-state index in [0.29, 0.717) is 19.4 Å². The Kier molecular flexibility index (Phi) is 9.70. The van der Waals surface area contributed by atoms with Crippen LogP contribution < -0.4 is 0 Å². The molecule has 1 N–H and O–H groups in total. The number of amides is 1. The van der Waals surface area contributed by atoms with E-state index >= 15 is 0 Å². The number of carbonyl (C=O) groups excluding carboxylic acids is 1. The largest absolute Gasteiger partial charge is 0.445 e. The lowest BCUT2D eigenvalue weighted by Gasteiger charge is -2.43. The third-order valence-corrected chi connectivity index (χ3v) is 7.26. The first-order valence-corrected chi connectivity index (χ1v) is 12.8. The molecule has 1 aromatic rings. The molecule has 0 spiro atoms. The van der Waals surface area contributed by atoms with E-state index in [-0.39, 0.29) is 18.2 Å². The van der Waals surface area contributed by atoms with Crippen molar-refractivity contribution in [1.82, 2.24) is 4.90 Å². The van der Waals surface area contributed by atoms with Crippen molar-refractivity contribution in [3.05, 3.63) is 35.9 Å². The highest BCUT2D eigenvalue weighted by molar-refractivity contribution is 5.69. The number of rotatable bonds is 13. The molecule has 2 fully saturated rings. The summed E-state index contributed by atoms with van der Waals surface area (Å²) in [7, 11) is 0. The molecule has 2 bridgehead atoms. The van der Waals surface area contributed by atoms with Crippen molar-refractivity contribution in [2.75, 3.05) is 0 Å². The zero-order valence-electron chi connectivity index (χ0n) is 19.6. The Labute approximate surface area is 189 Å². The number of nitrogens with zero attached hydrogens (tertiary/aromatic N) is 1. The molecule has 4 heteroatoms. The molecule has 2 heterocycles. The highest BCUT2D eigenvalue weighted by Crippen LogP contribution is 2.43. The van der Waals surface area contributed by atoms with Crippen LogP contribution in [0.1, 0.15) is 109 Å². The minimum absolute atomic E-state index is 0.134. The first-order valence-electron chi connectivity index (χ1n) is 12.8. The third kappa shape index (κ3) is 7.52. The minimum atomic E-state index is -0.595. The number of ether oxygens (including phenoxy) is 1. The Morgan fingerprint density at radius 2 is 1.48 bits per heavy atom. The standard InChI is InChI=1S/C27H43NO3/c1-2-3-4-5-6-7-8-9-10-14-19-27(30)20-24-17-18-25(21-27)28(24)26(29)31-22-23-15-12-11-13-16-23/h11-13,15-16,24-25,30H,2-10,14,17-22H2,1H3. The monoisotopic (exact) mass is 429 g/mol. The molecule has 2 atom stereocenters. The van der Waals surface area contributed by atoms with E-state index in [4.69, 9.17) is 4.74 Å². The molecule has 0 radical (unpaired) electrons. The summed E-state index contributed by atoms with van der Waals surface area (Å²) in [4.78, 5) is 14.6. The SMILES string of the molecule is CCCCCCCCCCCCC1(O)CC2CCC(C1)N2C(=O)OCc1ccccc1. The smallest absolute Gasteiger partial charge is 0.410 e. The lowest BCUT2D eigenvalue weighted by Crippen LogP contribution is -2.53. The second-order valence-electron chi connectivity index (χ2n) is 9.90. The Morgan fingerprint density at radius 3 is 2.06 bits per heavy atom. The fourth-order valence-electron chi connectivity index (χ4n) is 5.56. The Balaban J connectivity index is 1.32. The van der Waals surface area contributed by atoms with Crippen LogP contribution in [-0.4, -0.2) is 33.8 Å². The molecule has 2 unspecified atom stereocenters. The highest BCUT2D eigenvalue weighted by Gasteiger charge is 2.49. The number of carbonyl (C=O) groups is 1. The van der Waals surface area contributed by atoms with Crippen molar-refractivity contribution in [3.8, 4) is 0 Å². The van der Waals surface area contributed by atoms with Crippen LogP contribution in [0.5, 0.6) is 0 Å². The molecule has 0 saturated carbocycles. The van der Waals surface area contributed by atoms with Gasteiger partial charge in [-0.1, -0.05) is 101 Å². The number of hydrogen-bond donors (Lipinski definition) is 1. The fourth-order valence-corrected chi connectivity index (χ4v) is 5.56. The van der Waals surface area contributed by atoms with Crippen LogP contribution in [0.15, 0.2) is 30.3 Å². The van der Waals surface area contributed by atoms with Crippen LogP contribution in [0.25, 0.3) is 0 Å². The van der Waals surface area contributed by atoms with Crippen molar-refractivity contribution in [2.45, 2.75) is 128 Å². The number of hydrogen-bond acceptors (Lipinski definition) is 3. The molecule has 2 aliphatic heterocycles. The Bertz CT molecular complexity index is 633. The van der Waals surface area contributed by atoms with Gasteiger partial charge in [-0.2, -0.15) is 0 Å². The van der Waals surface area contributed by atoms with Gasteiger partial charge < -0.3 is 14.7 Å². The summed E-state index contributed by atoms with van der Waals surface area (Å²) < 4.78 is 5.59. The summed E-state index contributed by atoms with van der Waals surface area (Å²) >= 11 is 0. The van der Waals surface area contributed by atoms with Gasteiger partial charge in [-0.25, -0.2) is 4.79 Å². The maximum absolute atomic E-state index is 12.7. The van der Waals surface area contributed by atoms with Crippen LogP contribution in [0, 0.1) is 0 Å². The summed E-state index contributed by atoms with van der Waals surface area (Å²) in [5.41, 5.74) is 0.417. The van der Waals surface area contributed by atoms with Gasteiger partial charge in [0, 0.05) is 12.1 Å². The van der Waals surface area contributed by atoms with Crippen LogP contribution in [0.2, 0.25) is 0 Å². The molecule has 174 valence electrons. The van der Waals surface area contributed by atoms with Crippen molar-refractivity contribution < 1.29 is 14.6 Å². The van der Waals surface area contributed by atoms with Gasteiger partial charge in [0.1, 0.15) is 6.61 Å². The van der Waals surface area contributed by atoms with Crippen molar-refractivity contribution >= 4 is 6.09 Å². The Hall–Kier alpha value is -1.55. The van der Waals surface area contributed by atoms with E-state index in [9.17, 15) is 9.90 Å². The van der Waals surface area contributed by atoms with Gasteiger partial charge in [-0.05, 0) is 37.7 Å². The van der Waals surface area contributed by atoms with E-state index in [1.165, 1.54) is 57.8 Å². The molecule has 2 saturated heterocycles. The zero-order valence-corrected chi connectivity index (χ0v) is 19.6. The maximum Gasteiger partial charge on any atom is 0.410 e. The lowest BCUT2D eigenvalue weighted by molar-refractivity contribution is -0.0554. The van der Waals surface area contributed by atoms with Crippen LogP contribution in [-0.2, 0) is 11.3 Å². The van der Waals surface area contributed by atoms with Crippen LogP contribution >= 0.6 is 0 Å². The summed E-state index contributed by atoms with van der Waals surface area (Å²) in [5, 5.41) is 11.2. The van der Waals surface area contributed by atoms with Crippen LogP contribution in [0.3, 0.4) is 0 Å². The topological polar surface area (TPSA) is 49.8 Å². The van der Waals surface area contributed by atoms with Crippen molar-refractivity contribution in [1.29, 1.82) is 0 Å². The van der Waals surface area contributed by atoms with Crippen molar-refractivity contribution in [3.63, 3.8) is 0 Å². The minimum Gasteiger partial charge on any atom is -0.445 e. The maximum atomic E-state index is 12.7. The molecule has 1 aromatic carbocycles. The number of aliphatic hydroxyl groups is 1. The fraction of sp³-hybridized carbons (Fsp3) is 0.741. The molecule has 1 amide bonds.